The molecular weight excluding hydrogens is 245 g/mol. The molecule has 1 saturated carbocycles. The van der Waals surface area contributed by atoms with E-state index in [0.29, 0.717) is 5.56 Å². The third-order valence-corrected chi connectivity index (χ3v) is 3.54. The number of carbonyl (C=O) groups excluding carboxylic acids is 1. The van der Waals surface area contributed by atoms with Gasteiger partial charge in [0, 0.05) is 30.2 Å². The van der Waals surface area contributed by atoms with E-state index >= 15 is 0 Å². The van der Waals surface area contributed by atoms with Gasteiger partial charge in [0.15, 0.2) is 0 Å². The molecule has 0 aliphatic heterocycles. The van der Waals surface area contributed by atoms with E-state index in [2.05, 4.69) is 5.32 Å². The molecule has 2 N–H and O–H groups in total. The van der Waals surface area contributed by atoms with E-state index < -0.39 is 0 Å². The van der Waals surface area contributed by atoms with E-state index in [4.69, 9.17) is 0 Å². The van der Waals surface area contributed by atoms with Crippen LogP contribution in [0.3, 0.4) is 0 Å². The zero-order valence-corrected chi connectivity index (χ0v) is 10.7. The van der Waals surface area contributed by atoms with Crippen LogP contribution in [0.1, 0.15) is 24.8 Å². The molecule has 0 radical (unpaired) electrons. The summed E-state index contributed by atoms with van der Waals surface area (Å²) in [5.74, 6) is -0.444. The summed E-state index contributed by atoms with van der Waals surface area (Å²) in [5.41, 5.74) is 0.391. The lowest BCUT2D eigenvalue weighted by molar-refractivity contribution is -0.117. The van der Waals surface area contributed by atoms with Gasteiger partial charge in [0.2, 0.25) is 5.91 Å². The topological polar surface area (TPSA) is 49.3 Å². The molecule has 0 spiro atoms. The smallest absolute Gasteiger partial charge is 0.244 e. The van der Waals surface area contributed by atoms with E-state index in [-0.39, 0.29) is 30.3 Å². The average Bonchev–Trinajstić information content (AvgIpc) is 2.85. The molecule has 1 aliphatic rings. The summed E-state index contributed by atoms with van der Waals surface area (Å²) < 4.78 is 13.3. The molecule has 2 rings (SSSR count). The minimum atomic E-state index is -0.347. The molecular formula is C15H18FNO2. The van der Waals surface area contributed by atoms with Gasteiger partial charge in [0.05, 0.1) is 0 Å². The lowest BCUT2D eigenvalue weighted by atomic mass is 10.1. The number of nitrogens with one attached hydrogen (secondary N) is 1. The monoisotopic (exact) mass is 263 g/mol. The molecule has 19 heavy (non-hydrogen) atoms. The molecule has 1 aromatic carbocycles. The van der Waals surface area contributed by atoms with Crippen molar-refractivity contribution in [3.05, 3.63) is 41.7 Å². The number of hydrogen-bond acceptors (Lipinski definition) is 2. The maximum Gasteiger partial charge on any atom is 0.244 e. The van der Waals surface area contributed by atoms with Gasteiger partial charge in [-0.2, -0.15) is 0 Å². The van der Waals surface area contributed by atoms with E-state index in [0.717, 1.165) is 19.3 Å². The Balaban J connectivity index is 1.93. The number of halogens is 1. The number of amides is 1. The molecule has 1 aliphatic carbocycles. The predicted octanol–water partition coefficient (Wildman–Crippen LogP) is 2.12. The second kappa shape index (κ2) is 6.48. The van der Waals surface area contributed by atoms with Crippen molar-refractivity contribution in [2.45, 2.75) is 25.3 Å². The first-order chi connectivity index (χ1) is 9.20. The maximum atomic E-state index is 13.3. The highest BCUT2D eigenvalue weighted by Gasteiger charge is 2.27. The predicted molar refractivity (Wildman–Crippen MR) is 71.8 cm³/mol. The Hall–Kier alpha value is -1.68. The van der Waals surface area contributed by atoms with Crippen molar-refractivity contribution < 1.29 is 14.3 Å². The fourth-order valence-electron chi connectivity index (χ4n) is 2.45. The van der Waals surface area contributed by atoms with E-state index in [1.54, 1.807) is 18.2 Å². The SMILES string of the molecule is O=C(/C=C/c1ccccc1F)NC1CCCC1CO. The second-order valence-electron chi connectivity index (χ2n) is 4.84. The van der Waals surface area contributed by atoms with E-state index in [1.165, 1.54) is 18.2 Å². The molecule has 1 fully saturated rings. The van der Waals surface area contributed by atoms with Crippen LogP contribution in [0.25, 0.3) is 6.08 Å². The summed E-state index contributed by atoms with van der Waals surface area (Å²) in [7, 11) is 0. The Morgan fingerprint density at radius 3 is 2.95 bits per heavy atom. The maximum absolute atomic E-state index is 13.3. The van der Waals surface area contributed by atoms with Crippen LogP contribution in [0.4, 0.5) is 4.39 Å². The van der Waals surface area contributed by atoms with E-state index in [9.17, 15) is 14.3 Å². The standard InChI is InChI=1S/C15H18FNO2/c16-13-6-2-1-4-11(13)8-9-15(19)17-14-7-3-5-12(14)10-18/h1-2,4,6,8-9,12,14,18H,3,5,7,10H2,(H,17,19)/b9-8+. The minimum absolute atomic E-state index is 0.0303. The van der Waals surface area contributed by atoms with Crippen LogP contribution < -0.4 is 5.32 Å². The fourth-order valence-corrected chi connectivity index (χ4v) is 2.45. The Labute approximate surface area is 112 Å². The van der Waals surface area contributed by atoms with Crippen molar-refractivity contribution in [2.24, 2.45) is 5.92 Å². The molecule has 0 bridgehead atoms. The summed E-state index contributed by atoms with van der Waals surface area (Å²) in [5, 5.41) is 12.0. The molecule has 2 unspecified atom stereocenters. The van der Waals surface area contributed by atoms with Gasteiger partial charge in [-0.05, 0) is 25.0 Å². The first kappa shape index (κ1) is 13.7. The highest BCUT2D eigenvalue weighted by molar-refractivity contribution is 5.91. The molecule has 1 aromatic rings. The highest BCUT2D eigenvalue weighted by atomic mass is 19.1. The summed E-state index contributed by atoms with van der Waals surface area (Å²) in [6, 6.07) is 6.33. The van der Waals surface area contributed by atoms with Gasteiger partial charge in [-0.25, -0.2) is 4.39 Å². The highest BCUT2D eigenvalue weighted by Crippen LogP contribution is 2.24. The Morgan fingerprint density at radius 1 is 1.42 bits per heavy atom. The molecule has 2 atom stereocenters. The van der Waals surface area contributed by atoms with E-state index in [1.807, 2.05) is 0 Å². The third-order valence-electron chi connectivity index (χ3n) is 3.54. The summed E-state index contributed by atoms with van der Waals surface area (Å²) in [6.07, 6.45) is 5.66. The molecule has 0 saturated heterocycles. The number of benzene rings is 1. The average molecular weight is 263 g/mol. The normalized spacial score (nSPS) is 22.8. The van der Waals surface area contributed by atoms with Crippen LogP contribution in [-0.4, -0.2) is 23.7 Å². The largest absolute Gasteiger partial charge is 0.396 e. The summed E-state index contributed by atoms with van der Waals surface area (Å²) in [6.45, 7) is 0.0992. The molecule has 4 heteroatoms. The third kappa shape index (κ3) is 3.64. The number of aliphatic hydroxyl groups excluding tert-OH is 1. The van der Waals surface area contributed by atoms with Crippen LogP contribution in [0.15, 0.2) is 30.3 Å². The zero-order valence-electron chi connectivity index (χ0n) is 10.7. The van der Waals surface area contributed by atoms with Crippen molar-refractivity contribution in [1.82, 2.24) is 5.32 Å². The van der Waals surface area contributed by atoms with Crippen LogP contribution in [-0.2, 0) is 4.79 Å². The van der Waals surface area contributed by atoms with Crippen LogP contribution in [0, 0.1) is 11.7 Å². The van der Waals surface area contributed by atoms with Gasteiger partial charge in [-0.1, -0.05) is 24.6 Å². The van der Waals surface area contributed by atoms with Gasteiger partial charge < -0.3 is 10.4 Å². The van der Waals surface area contributed by atoms with Crippen molar-refractivity contribution >= 4 is 12.0 Å². The molecule has 3 nitrogen and oxygen atoms in total. The van der Waals surface area contributed by atoms with Gasteiger partial charge in [-0.3, -0.25) is 4.79 Å². The lowest BCUT2D eigenvalue weighted by Gasteiger charge is -2.17. The van der Waals surface area contributed by atoms with Crippen LogP contribution >= 0.6 is 0 Å². The van der Waals surface area contributed by atoms with Crippen molar-refractivity contribution in [1.29, 1.82) is 0 Å². The Morgan fingerprint density at radius 2 is 2.21 bits per heavy atom. The second-order valence-corrected chi connectivity index (χ2v) is 4.84. The molecule has 1 amide bonds. The van der Waals surface area contributed by atoms with Gasteiger partial charge in [0.1, 0.15) is 5.82 Å². The molecule has 0 aromatic heterocycles. The first-order valence-corrected chi connectivity index (χ1v) is 6.54. The molecule has 0 heterocycles. The zero-order chi connectivity index (χ0) is 13.7. The van der Waals surface area contributed by atoms with Crippen molar-refractivity contribution in [3.63, 3.8) is 0 Å². The van der Waals surface area contributed by atoms with Crippen molar-refractivity contribution in [3.8, 4) is 0 Å². The number of carbonyl (C=O) groups is 1. The quantitative estimate of drug-likeness (QED) is 0.817. The van der Waals surface area contributed by atoms with Crippen LogP contribution in [0.2, 0.25) is 0 Å². The first-order valence-electron chi connectivity index (χ1n) is 6.54. The fraction of sp³-hybridized carbons (Fsp3) is 0.400. The van der Waals surface area contributed by atoms with Gasteiger partial charge in [0.25, 0.3) is 0 Å². The number of rotatable bonds is 4. The Bertz CT molecular complexity index is 473. The lowest BCUT2D eigenvalue weighted by Crippen LogP contribution is -2.37. The minimum Gasteiger partial charge on any atom is -0.396 e. The summed E-state index contributed by atoms with van der Waals surface area (Å²) in [4.78, 5) is 11.7. The Kier molecular flexibility index (Phi) is 4.68. The number of hydrogen-bond donors (Lipinski definition) is 2. The van der Waals surface area contributed by atoms with Gasteiger partial charge in [-0.15, -0.1) is 0 Å². The number of aliphatic hydroxyl groups is 1. The molecule has 102 valence electrons. The van der Waals surface area contributed by atoms with Gasteiger partial charge >= 0.3 is 0 Å². The summed E-state index contributed by atoms with van der Waals surface area (Å²) >= 11 is 0. The van der Waals surface area contributed by atoms with Crippen LogP contribution in [0.5, 0.6) is 0 Å². The van der Waals surface area contributed by atoms with Crippen molar-refractivity contribution in [2.75, 3.05) is 6.61 Å².